The van der Waals surface area contributed by atoms with Crippen molar-refractivity contribution in [3.05, 3.63) is 76.7 Å². The van der Waals surface area contributed by atoms with Crippen LogP contribution in [0.4, 0.5) is 11.4 Å². The summed E-state index contributed by atoms with van der Waals surface area (Å²) in [6.45, 7) is 3.50. The second kappa shape index (κ2) is 10.0. The van der Waals surface area contributed by atoms with Crippen molar-refractivity contribution in [3.63, 3.8) is 0 Å². The molecule has 10 heteroatoms. The summed E-state index contributed by atoms with van der Waals surface area (Å²) in [5.74, 6) is 0.492. The van der Waals surface area contributed by atoms with Crippen LogP contribution in [0.15, 0.2) is 60.8 Å². The maximum absolute atomic E-state index is 13.7. The molecular weight excluding hydrogens is 513 g/mol. The number of carbonyl (C=O) groups is 1. The van der Waals surface area contributed by atoms with Gasteiger partial charge in [-0.25, -0.2) is 4.98 Å². The third kappa shape index (κ3) is 4.64. The van der Waals surface area contributed by atoms with Crippen LogP contribution in [0.25, 0.3) is 22.0 Å². The number of hydrogen-bond acceptors (Lipinski definition) is 7. The van der Waals surface area contributed by atoms with Gasteiger partial charge in [0.15, 0.2) is 0 Å². The molecule has 6 rings (SSSR count). The molecule has 0 radical (unpaired) electrons. The van der Waals surface area contributed by atoms with Crippen molar-refractivity contribution in [2.75, 3.05) is 49.4 Å². The number of hydrogen-bond donors (Lipinski definition) is 1. The van der Waals surface area contributed by atoms with Gasteiger partial charge in [0.2, 0.25) is 0 Å². The summed E-state index contributed by atoms with van der Waals surface area (Å²) in [6, 6.07) is 17.1. The Bertz CT molecular complexity index is 1470. The second-order valence-corrected chi connectivity index (χ2v) is 9.51. The Morgan fingerprint density at radius 2 is 1.73 bits per heavy atom. The summed E-state index contributed by atoms with van der Waals surface area (Å²) in [7, 11) is 0. The van der Waals surface area contributed by atoms with Crippen LogP contribution in [0.1, 0.15) is 10.4 Å². The van der Waals surface area contributed by atoms with Crippen LogP contribution in [0.3, 0.4) is 0 Å². The van der Waals surface area contributed by atoms with Gasteiger partial charge in [0.05, 0.1) is 42.2 Å². The molecule has 1 amide bonds. The van der Waals surface area contributed by atoms with Gasteiger partial charge < -0.3 is 14.4 Å². The highest BCUT2D eigenvalue weighted by Crippen LogP contribution is 2.37. The molecule has 2 aliphatic heterocycles. The van der Waals surface area contributed by atoms with Crippen molar-refractivity contribution >= 4 is 51.4 Å². The predicted molar refractivity (Wildman–Crippen MR) is 145 cm³/mol. The molecule has 0 saturated carbocycles. The fraction of sp³-hybridized carbons (Fsp3) is 0.222. The van der Waals surface area contributed by atoms with Crippen molar-refractivity contribution in [3.8, 4) is 16.9 Å². The lowest BCUT2D eigenvalue weighted by Gasteiger charge is -2.33. The molecule has 0 bridgehead atoms. The van der Waals surface area contributed by atoms with E-state index in [1.807, 2.05) is 47.5 Å². The molecule has 188 valence electrons. The number of aromatic nitrogens is 2. The van der Waals surface area contributed by atoms with Crippen molar-refractivity contribution in [2.24, 2.45) is 0 Å². The van der Waals surface area contributed by atoms with E-state index in [9.17, 15) is 4.79 Å². The SMILES string of the molecule is O=C(NN1CCOc2ccccc21)c1cnc2c(-c3cc(Cl)nc(Cl)c3)cccc2c1N1CCOCC1. The third-order valence-corrected chi connectivity index (χ3v) is 6.87. The monoisotopic (exact) mass is 535 g/mol. The summed E-state index contributed by atoms with van der Waals surface area (Å²) in [5, 5.41) is 3.29. The predicted octanol–water partition coefficient (Wildman–Crippen LogP) is 4.98. The van der Waals surface area contributed by atoms with Gasteiger partial charge in [0, 0.05) is 30.2 Å². The Hall–Kier alpha value is -3.59. The van der Waals surface area contributed by atoms with E-state index in [1.165, 1.54) is 0 Å². The Labute approximate surface area is 223 Å². The summed E-state index contributed by atoms with van der Waals surface area (Å²) in [6.07, 6.45) is 1.64. The number of carbonyl (C=O) groups excluding carboxylic acids is 1. The molecule has 2 aliphatic rings. The quantitative estimate of drug-likeness (QED) is 0.369. The number of nitrogens with zero attached hydrogens (tertiary/aromatic N) is 4. The van der Waals surface area contributed by atoms with Gasteiger partial charge in [-0.15, -0.1) is 0 Å². The van der Waals surface area contributed by atoms with Gasteiger partial charge >= 0.3 is 0 Å². The Balaban J connectivity index is 1.45. The number of pyridine rings is 2. The van der Waals surface area contributed by atoms with Crippen molar-refractivity contribution in [1.82, 2.24) is 15.4 Å². The van der Waals surface area contributed by atoms with Crippen LogP contribution >= 0.6 is 23.2 Å². The van der Waals surface area contributed by atoms with Gasteiger partial charge in [-0.3, -0.25) is 20.2 Å². The number of amides is 1. The lowest BCUT2D eigenvalue weighted by atomic mass is 9.99. The minimum absolute atomic E-state index is 0.243. The molecule has 1 fully saturated rings. The van der Waals surface area contributed by atoms with Crippen molar-refractivity contribution in [1.29, 1.82) is 0 Å². The molecule has 1 N–H and O–H groups in total. The van der Waals surface area contributed by atoms with E-state index in [0.717, 1.165) is 39.2 Å². The zero-order valence-electron chi connectivity index (χ0n) is 19.8. The molecule has 0 aliphatic carbocycles. The number of hydrazine groups is 1. The maximum Gasteiger partial charge on any atom is 0.273 e. The van der Waals surface area contributed by atoms with Crippen molar-refractivity contribution in [2.45, 2.75) is 0 Å². The van der Waals surface area contributed by atoms with Crippen LogP contribution in [-0.2, 0) is 4.74 Å². The number of ether oxygens (including phenoxy) is 2. The maximum atomic E-state index is 13.7. The number of anilines is 2. The number of para-hydroxylation sites is 3. The summed E-state index contributed by atoms with van der Waals surface area (Å²) < 4.78 is 11.3. The topological polar surface area (TPSA) is 79.8 Å². The molecule has 0 unspecified atom stereocenters. The summed E-state index contributed by atoms with van der Waals surface area (Å²) in [4.78, 5) is 24.7. The number of nitrogens with one attached hydrogen (secondary N) is 1. The molecule has 2 aromatic carbocycles. The van der Waals surface area contributed by atoms with E-state index in [0.29, 0.717) is 55.3 Å². The fourth-order valence-electron chi connectivity index (χ4n) is 4.82. The molecule has 1 saturated heterocycles. The van der Waals surface area contributed by atoms with Gasteiger partial charge in [-0.2, -0.15) is 0 Å². The van der Waals surface area contributed by atoms with E-state index in [1.54, 1.807) is 18.3 Å². The highest BCUT2D eigenvalue weighted by atomic mass is 35.5. The molecule has 37 heavy (non-hydrogen) atoms. The molecule has 8 nitrogen and oxygen atoms in total. The average Bonchev–Trinajstić information content (AvgIpc) is 2.92. The van der Waals surface area contributed by atoms with Gasteiger partial charge in [-0.1, -0.05) is 53.5 Å². The summed E-state index contributed by atoms with van der Waals surface area (Å²) >= 11 is 12.4. The van der Waals surface area contributed by atoms with Crippen LogP contribution in [0.5, 0.6) is 5.75 Å². The van der Waals surface area contributed by atoms with Crippen LogP contribution in [0.2, 0.25) is 10.3 Å². The number of halogens is 2. The zero-order chi connectivity index (χ0) is 25.4. The largest absolute Gasteiger partial charge is 0.489 e. The molecule has 2 aromatic heterocycles. The molecule has 4 aromatic rings. The lowest BCUT2D eigenvalue weighted by molar-refractivity contribution is 0.0943. The van der Waals surface area contributed by atoms with E-state index < -0.39 is 0 Å². The van der Waals surface area contributed by atoms with E-state index in [4.69, 9.17) is 37.7 Å². The number of fused-ring (bicyclic) bond motifs is 2. The number of benzene rings is 2. The Kier molecular flexibility index (Phi) is 6.46. The Morgan fingerprint density at radius 1 is 0.946 bits per heavy atom. The second-order valence-electron chi connectivity index (χ2n) is 8.73. The van der Waals surface area contributed by atoms with Crippen LogP contribution in [-0.4, -0.2) is 55.3 Å². The zero-order valence-corrected chi connectivity index (χ0v) is 21.3. The van der Waals surface area contributed by atoms with Crippen LogP contribution < -0.4 is 20.1 Å². The first kappa shape index (κ1) is 23.8. The van der Waals surface area contributed by atoms with E-state index >= 15 is 0 Å². The molecular formula is C27H23Cl2N5O3. The number of morpholine rings is 1. The van der Waals surface area contributed by atoms with E-state index in [-0.39, 0.29) is 5.91 Å². The first-order valence-electron chi connectivity index (χ1n) is 12.0. The van der Waals surface area contributed by atoms with Gasteiger partial charge in [0.25, 0.3) is 5.91 Å². The molecule has 4 heterocycles. The first-order chi connectivity index (χ1) is 18.1. The standard InChI is InChI=1S/C27H23Cl2N5O3/c28-23-14-17(15-24(29)31-23)18-4-3-5-19-25(18)30-16-20(26(19)33-8-11-36-12-9-33)27(35)32-34-10-13-37-22-7-2-1-6-21(22)34/h1-7,14-16H,8-13H2,(H,32,35). The highest BCUT2D eigenvalue weighted by Gasteiger charge is 2.26. The van der Waals surface area contributed by atoms with Crippen LogP contribution in [0, 0.1) is 0 Å². The highest BCUT2D eigenvalue weighted by molar-refractivity contribution is 6.33. The minimum atomic E-state index is -0.243. The lowest BCUT2D eigenvalue weighted by Crippen LogP contribution is -2.47. The average molecular weight is 536 g/mol. The summed E-state index contributed by atoms with van der Waals surface area (Å²) in [5.41, 5.74) is 7.60. The molecule has 0 atom stereocenters. The third-order valence-electron chi connectivity index (χ3n) is 6.48. The normalized spacial score (nSPS) is 15.3. The van der Waals surface area contributed by atoms with Gasteiger partial charge in [-0.05, 0) is 29.8 Å². The van der Waals surface area contributed by atoms with Crippen molar-refractivity contribution < 1.29 is 14.3 Å². The fourth-order valence-corrected chi connectivity index (χ4v) is 5.29. The van der Waals surface area contributed by atoms with E-state index in [2.05, 4.69) is 15.3 Å². The number of rotatable bonds is 4. The molecule has 0 spiro atoms. The smallest absolute Gasteiger partial charge is 0.273 e. The van der Waals surface area contributed by atoms with Gasteiger partial charge in [0.1, 0.15) is 22.7 Å². The minimum Gasteiger partial charge on any atom is -0.489 e. The Morgan fingerprint density at radius 3 is 2.54 bits per heavy atom. The first-order valence-corrected chi connectivity index (χ1v) is 12.7.